The van der Waals surface area contributed by atoms with Crippen molar-refractivity contribution in [3.63, 3.8) is 0 Å². The molecule has 2 aromatic rings. The number of nitrogens with zero attached hydrogens (tertiary/aromatic N) is 1. The van der Waals surface area contributed by atoms with Crippen LogP contribution in [-0.4, -0.2) is 30.8 Å². The van der Waals surface area contributed by atoms with E-state index in [0.29, 0.717) is 36.3 Å². The van der Waals surface area contributed by atoms with Crippen LogP contribution in [0, 0.1) is 0 Å². The van der Waals surface area contributed by atoms with E-state index < -0.39 is 0 Å². The van der Waals surface area contributed by atoms with Gasteiger partial charge < -0.3 is 15.5 Å². The smallest absolute Gasteiger partial charge is 0.255 e. The van der Waals surface area contributed by atoms with E-state index in [-0.39, 0.29) is 17.7 Å². The van der Waals surface area contributed by atoms with E-state index in [9.17, 15) is 14.4 Å². The molecule has 28 heavy (non-hydrogen) atoms. The summed E-state index contributed by atoms with van der Waals surface area (Å²) in [5, 5.41) is 5.67. The van der Waals surface area contributed by atoms with Gasteiger partial charge in [0.15, 0.2) is 0 Å². The monoisotopic (exact) mass is 379 g/mol. The fraction of sp³-hybridized carbons (Fsp3) is 0.318. The normalized spacial score (nSPS) is 12.4. The van der Waals surface area contributed by atoms with Gasteiger partial charge in [-0.2, -0.15) is 0 Å². The highest BCUT2D eigenvalue weighted by Crippen LogP contribution is 2.29. The maximum atomic E-state index is 12.6. The summed E-state index contributed by atoms with van der Waals surface area (Å²) in [6.45, 7) is 5.14. The van der Waals surface area contributed by atoms with Crippen molar-refractivity contribution in [2.75, 3.05) is 23.3 Å². The molecular formula is C22H25N3O3. The topological polar surface area (TPSA) is 78.5 Å². The van der Waals surface area contributed by atoms with Crippen molar-refractivity contribution < 1.29 is 14.4 Å². The minimum Gasteiger partial charge on any atom is -0.352 e. The molecule has 0 unspecified atom stereocenters. The number of benzene rings is 2. The summed E-state index contributed by atoms with van der Waals surface area (Å²) in [6.07, 6.45) is 2.10. The lowest BCUT2D eigenvalue weighted by Gasteiger charge is -2.16. The average Bonchev–Trinajstić information content (AvgIpc) is 3.15. The zero-order chi connectivity index (χ0) is 20.1. The minimum absolute atomic E-state index is 0.0963. The van der Waals surface area contributed by atoms with Gasteiger partial charge in [-0.3, -0.25) is 14.4 Å². The lowest BCUT2D eigenvalue weighted by atomic mass is 10.1. The second-order valence-electron chi connectivity index (χ2n) is 6.78. The van der Waals surface area contributed by atoms with Crippen LogP contribution in [0.3, 0.4) is 0 Å². The van der Waals surface area contributed by atoms with Crippen molar-refractivity contribution in [1.82, 2.24) is 5.32 Å². The third kappa shape index (κ3) is 4.22. The van der Waals surface area contributed by atoms with Gasteiger partial charge in [0.1, 0.15) is 0 Å². The summed E-state index contributed by atoms with van der Waals surface area (Å²) < 4.78 is 0. The Bertz CT molecular complexity index is 890. The molecule has 0 saturated heterocycles. The number of hydrogen-bond donors (Lipinski definition) is 2. The Balaban J connectivity index is 1.67. The Kier molecular flexibility index (Phi) is 6.09. The van der Waals surface area contributed by atoms with Crippen molar-refractivity contribution in [3.05, 3.63) is 59.2 Å². The Morgan fingerprint density at radius 3 is 2.36 bits per heavy atom. The van der Waals surface area contributed by atoms with Crippen molar-refractivity contribution in [3.8, 4) is 0 Å². The Hall–Kier alpha value is -3.15. The summed E-state index contributed by atoms with van der Waals surface area (Å²) in [5.41, 5.74) is 3.64. The van der Waals surface area contributed by atoms with Gasteiger partial charge >= 0.3 is 0 Å². The van der Waals surface area contributed by atoms with Crippen molar-refractivity contribution >= 4 is 29.1 Å². The number of carbonyl (C=O) groups is 3. The molecule has 3 amide bonds. The number of carbonyl (C=O) groups excluding carboxylic acids is 3. The summed E-state index contributed by atoms with van der Waals surface area (Å²) >= 11 is 0. The molecule has 0 saturated carbocycles. The van der Waals surface area contributed by atoms with Crippen LogP contribution in [0.1, 0.15) is 53.0 Å². The lowest BCUT2D eigenvalue weighted by Crippen LogP contribution is -2.27. The van der Waals surface area contributed by atoms with Gasteiger partial charge in [0.25, 0.3) is 11.8 Å². The standard InChI is InChI=1S/C22H25N3O3/c1-3-12-23-21(27)15-5-8-18(9-6-15)24-22(28)17-7-10-19-16(14-17)11-13-25(19)20(26)4-2/h5-10,14H,3-4,11-13H2,1-2H3,(H,23,27)(H,24,28). The second kappa shape index (κ2) is 8.69. The van der Waals surface area contributed by atoms with Gasteiger partial charge in [-0.1, -0.05) is 13.8 Å². The first-order valence-electron chi connectivity index (χ1n) is 9.66. The number of rotatable bonds is 6. The summed E-state index contributed by atoms with van der Waals surface area (Å²) in [7, 11) is 0. The molecule has 0 fully saturated rings. The van der Waals surface area contributed by atoms with Crippen LogP contribution in [-0.2, 0) is 11.2 Å². The molecule has 1 heterocycles. The molecule has 1 aliphatic rings. The number of hydrogen-bond acceptors (Lipinski definition) is 3. The molecule has 2 N–H and O–H groups in total. The Morgan fingerprint density at radius 1 is 0.964 bits per heavy atom. The number of fused-ring (bicyclic) bond motifs is 1. The van der Waals surface area contributed by atoms with Crippen LogP contribution in [0.15, 0.2) is 42.5 Å². The highest BCUT2D eigenvalue weighted by molar-refractivity contribution is 6.05. The van der Waals surface area contributed by atoms with Crippen molar-refractivity contribution in [1.29, 1.82) is 0 Å². The number of nitrogens with one attached hydrogen (secondary N) is 2. The predicted octanol–water partition coefficient (Wildman–Crippen LogP) is 3.38. The Labute approximate surface area is 164 Å². The van der Waals surface area contributed by atoms with Crippen molar-refractivity contribution in [2.24, 2.45) is 0 Å². The minimum atomic E-state index is -0.216. The van der Waals surface area contributed by atoms with Gasteiger partial charge in [0, 0.05) is 42.0 Å². The molecule has 146 valence electrons. The molecule has 0 atom stereocenters. The SMILES string of the molecule is CCCNC(=O)c1ccc(NC(=O)c2ccc3c(c2)CCN3C(=O)CC)cc1. The molecule has 0 spiro atoms. The number of amides is 3. The second-order valence-corrected chi connectivity index (χ2v) is 6.78. The number of anilines is 2. The zero-order valence-corrected chi connectivity index (χ0v) is 16.2. The lowest BCUT2D eigenvalue weighted by molar-refractivity contribution is -0.118. The third-order valence-electron chi connectivity index (χ3n) is 4.78. The van der Waals surface area contributed by atoms with Gasteiger partial charge in [-0.25, -0.2) is 0 Å². The molecular weight excluding hydrogens is 354 g/mol. The van der Waals surface area contributed by atoms with Crippen LogP contribution in [0.4, 0.5) is 11.4 Å². The van der Waals surface area contributed by atoms with Gasteiger partial charge in [-0.15, -0.1) is 0 Å². The van der Waals surface area contributed by atoms with Crippen LogP contribution in [0.5, 0.6) is 0 Å². The van der Waals surface area contributed by atoms with Gasteiger partial charge in [-0.05, 0) is 60.9 Å². The molecule has 0 aromatic heterocycles. The molecule has 0 aliphatic carbocycles. The van der Waals surface area contributed by atoms with E-state index >= 15 is 0 Å². The highest BCUT2D eigenvalue weighted by Gasteiger charge is 2.24. The first-order chi connectivity index (χ1) is 13.5. The van der Waals surface area contributed by atoms with E-state index in [4.69, 9.17) is 0 Å². The largest absolute Gasteiger partial charge is 0.352 e. The molecule has 6 heteroatoms. The third-order valence-corrected chi connectivity index (χ3v) is 4.78. The van der Waals surface area contributed by atoms with E-state index in [1.165, 1.54) is 0 Å². The van der Waals surface area contributed by atoms with Gasteiger partial charge in [0.05, 0.1) is 0 Å². The molecule has 3 rings (SSSR count). The summed E-state index contributed by atoms with van der Waals surface area (Å²) in [6, 6.07) is 12.2. The van der Waals surface area contributed by atoms with Crippen LogP contribution in [0.25, 0.3) is 0 Å². The van der Waals surface area contributed by atoms with Crippen LogP contribution >= 0.6 is 0 Å². The predicted molar refractivity (Wildman–Crippen MR) is 110 cm³/mol. The molecule has 1 aliphatic heterocycles. The van der Waals surface area contributed by atoms with Crippen LogP contribution in [0.2, 0.25) is 0 Å². The maximum Gasteiger partial charge on any atom is 0.255 e. The van der Waals surface area contributed by atoms with E-state index in [1.807, 2.05) is 26.0 Å². The maximum absolute atomic E-state index is 12.6. The molecule has 6 nitrogen and oxygen atoms in total. The molecule has 2 aromatic carbocycles. The van der Waals surface area contributed by atoms with E-state index in [2.05, 4.69) is 10.6 Å². The summed E-state index contributed by atoms with van der Waals surface area (Å²) in [4.78, 5) is 38.3. The van der Waals surface area contributed by atoms with Gasteiger partial charge in [0.2, 0.25) is 5.91 Å². The zero-order valence-electron chi connectivity index (χ0n) is 16.2. The average molecular weight is 379 g/mol. The molecule has 0 bridgehead atoms. The van der Waals surface area contributed by atoms with Crippen molar-refractivity contribution in [2.45, 2.75) is 33.1 Å². The highest BCUT2D eigenvalue weighted by atomic mass is 16.2. The Morgan fingerprint density at radius 2 is 1.68 bits per heavy atom. The van der Waals surface area contributed by atoms with E-state index in [1.54, 1.807) is 35.2 Å². The fourth-order valence-electron chi connectivity index (χ4n) is 3.24. The summed E-state index contributed by atoms with van der Waals surface area (Å²) in [5.74, 6) is -0.241. The fourth-order valence-corrected chi connectivity index (χ4v) is 3.24. The molecule has 0 radical (unpaired) electrons. The van der Waals surface area contributed by atoms with E-state index in [0.717, 1.165) is 24.1 Å². The first kappa shape index (κ1) is 19.6. The first-order valence-corrected chi connectivity index (χ1v) is 9.66. The van der Waals surface area contributed by atoms with Crippen LogP contribution < -0.4 is 15.5 Å². The quantitative estimate of drug-likeness (QED) is 0.808.